The van der Waals surface area contributed by atoms with Crippen LogP contribution in [0.5, 0.6) is 0 Å². The average Bonchev–Trinajstić information content (AvgIpc) is 2.27. The van der Waals surface area contributed by atoms with Crippen molar-refractivity contribution in [1.29, 1.82) is 0 Å². The van der Waals surface area contributed by atoms with Gasteiger partial charge in [-0.25, -0.2) is 0 Å². The van der Waals surface area contributed by atoms with Crippen molar-refractivity contribution >= 4 is 22.9 Å². The van der Waals surface area contributed by atoms with Crippen molar-refractivity contribution < 1.29 is 13.2 Å². The van der Waals surface area contributed by atoms with Crippen LogP contribution in [0.2, 0.25) is 0 Å². The predicted octanol–water partition coefficient (Wildman–Crippen LogP) is 3.10. The SMILES string of the molecule is CN(CCCC(F)(F)F)c1cccc(C(N)=S)c1. The fraction of sp³-hybridized carbons (Fsp3) is 0.417. The lowest BCUT2D eigenvalue weighted by Gasteiger charge is -2.20. The molecule has 0 bridgehead atoms. The van der Waals surface area contributed by atoms with Crippen molar-refractivity contribution in [1.82, 2.24) is 0 Å². The van der Waals surface area contributed by atoms with Crippen LogP contribution in [0.3, 0.4) is 0 Å². The van der Waals surface area contributed by atoms with Gasteiger partial charge in [-0.2, -0.15) is 13.2 Å². The molecule has 0 amide bonds. The highest BCUT2D eigenvalue weighted by atomic mass is 32.1. The summed E-state index contributed by atoms with van der Waals surface area (Å²) in [6.07, 6.45) is -4.80. The van der Waals surface area contributed by atoms with Gasteiger partial charge in [-0.05, 0) is 18.6 Å². The number of nitrogens with two attached hydrogens (primary N) is 1. The van der Waals surface area contributed by atoms with Gasteiger partial charge < -0.3 is 10.6 Å². The van der Waals surface area contributed by atoms with Gasteiger partial charge in [-0.15, -0.1) is 0 Å². The van der Waals surface area contributed by atoms with Crippen molar-refractivity contribution in [3.8, 4) is 0 Å². The molecule has 2 N–H and O–H groups in total. The molecule has 0 fully saturated rings. The molecule has 0 aliphatic heterocycles. The number of thiocarbonyl (C=S) groups is 1. The van der Waals surface area contributed by atoms with Crippen LogP contribution >= 0.6 is 12.2 Å². The number of hydrogen-bond donors (Lipinski definition) is 1. The van der Waals surface area contributed by atoms with E-state index in [0.29, 0.717) is 12.1 Å². The maximum Gasteiger partial charge on any atom is 0.389 e. The Morgan fingerprint density at radius 3 is 2.61 bits per heavy atom. The van der Waals surface area contributed by atoms with Crippen molar-refractivity contribution in [2.24, 2.45) is 5.73 Å². The number of nitrogens with zero attached hydrogens (tertiary/aromatic N) is 1. The van der Waals surface area contributed by atoms with E-state index in [1.165, 1.54) is 0 Å². The Morgan fingerprint density at radius 1 is 1.39 bits per heavy atom. The van der Waals surface area contributed by atoms with E-state index in [1.807, 2.05) is 6.07 Å². The Labute approximate surface area is 110 Å². The lowest BCUT2D eigenvalue weighted by Crippen LogP contribution is -2.21. The Balaban J connectivity index is 2.59. The van der Waals surface area contributed by atoms with Gasteiger partial charge in [-0.1, -0.05) is 24.4 Å². The van der Waals surface area contributed by atoms with E-state index in [4.69, 9.17) is 18.0 Å². The molecule has 0 unspecified atom stereocenters. The molecule has 0 spiro atoms. The van der Waals surface area contributed by atoms with E-state index in [9.17, 15) is 13.2 Å². The van der Waals surface area contributed by atoms with E-state index in [-0.39, 0.29) is 11.4 Å². The second-order valence-electron chi connectivity index (χ2n) is 4.05. The van der Waals surface area contributed by atoms with Gasteiger partial charge in [-0.3, -0.25) is 0 Å². The number of alkyl halides is 3. The molecule has 0 saturated heterocycles. The Kier molecular flexibility index (Phi) is 4.95. The molecular formula is C12H15F3N2S. The maximum atomic E-state index is 12.0. The van der Waals surface area contributed by atoms with Crippen LogP contribution in [0.4, 0.5) is 18.9 Å². The summed E-state index contributed by atoms with van der Waals surface area (Å²) in [5, 5.41) is 0. The van der Waals surface area contributed by atoms with Gasteiger partial charge >= 0.3 is 6.18 Å². The van der Waals surface area contributed by atoms with Crippen LogP contribution in [0.1, 0.15) is 18.4 Å². The van der Waals surface area contributed by atoms with Crippen molar-refractivity contribution in [3.05, 3.63) is 29.8 Å². The quantitative estimate of drug-likeness (QED) is 0.838. The average molecular weight is 276 g/mol. The van der Waals surface area contributed by atoms with Crippen LogP contribution in [0.25, 0.3) is 0 Å². The summed E-state index contributed by atoms with van der Waals surface area (Å²) in [5.41, 5.74) is 7.03. The zero-order chi connectivity index (χ0) is 13.8. The van der Waals surface area contributed by atoms with Gasteiger partial charge in [0.1, 0.15) is 4.99 Å². The Bertz CT molecular complexity index is 418. The first-order valence-corrected chi connectivity index (χ1v) is 5.88. The summed E-state index contributed by atoms with van der Waals surface area (Å²) in [5.74, 6) is 0. The monoisotopic (exact) mass is 276 g/mol. The molecule has 2 nitrogen and oxygen atoms in total. The molecule has 100 valence electrons. The zero-order valence-corrected chi connectivity index (χ0v) is 10.8. The lowest BCUT2D eigenvalue weighted by molar-refractivity contribution is -0.135. The van der Waals surface area contributed by atoms with Crippen LogP contribution in [0, 0.1) is 0 Å². The molecular weight excluding hydrogens is 261 g/mol. The van der Waals surface area contributed by atoms with Gasteiger partial charge in [0.2, 0.25) is 0 Å². The first-order valence-electron chi connectivity index (χ1n) is 5.47. The van der Waals surface area contributed by atoms with Gasteiger partial charge in [0, 0.05) is 31.3 Å². The lowest BCUT2D eigenvalue weighted by atomic mass is 10.2. The zero-order valence-electron chi connectivity index (χ0n) is 10.00. The Morgan fingerprint density at radius 2 is 2.06 bits per heavy atom. The van der Waals surface area contributed by atoms with E-state index in [0.717, 1.165) is 5.69 Å². The molecule has 1 aromatic rings. The molecule has 0 aliphatic rings. The predicted molar refractivity (Wildman–Crippen MR) is 70.9 cm³/mol. The number of halogens is 3. The molecule has 1 aromatic carbocycles. The number of benzene rings is 1. The van der Waals surface area contributed by atoms with E-state index >= 15 is 0 Å². The van der Waals surface area contributed by atoms with Crippen LogP contribution in [0.15, 0.2) is 24.3 Å². The fourth-order valence-electron chi connectivity index (χ4n) is 1.54. The highest BCUT2D eigenvalue weighted by Gasteiger charge is 2.26. The maximum absolute atomic E-state index is 12.0. The van der Waals surface area contributed by atoms with Crippen LogP contribution in [-0.2, 0) is 0 Å². The second-order valence-corrected chi connectivity index (χ2v) is 4.49. The fourth-order valence-corrected chi connectivity index (χ4v) is 1.67. The highest BCUT2D eigenvalue weighted by Crippen LogP contribution is 2.22. The van der Waals surface area contributed by atoms with Crippen LogP contribution < -0.4 is 10.6 Å². The molecule has 0 aliphatic carbocycles. The normalized spacial score (nSPS) is 11.3. The summed E-state index contributed by atoms with van der Waals surface area (Å²) in [4.78, 5) is 2.04. The van der Waals surface area contributed by atoms with Gasteiger partial charge in [0.25, 0.3) is 0 Å². The van der Waals surface area contributed by atoms with Crippen molar-refractivity contribution in [2.75, 3.05) is 18.5 Å². The van der Waals surface area contributed by atoms with Crippen molar-refractivity contribution in [3.63, 3.8) is 0 Å². The molecule has 0 heterocycles. The highest BCUT2D eigenvalue weighted by molar-refractivity contribution is 7.80. The largest absolute Gasteiger partial charge is 0.389 e. The summed E-state index contributed by atoms with van der Waals surface area (Å²) < 4.78 is 36.1. The van der Waals surface area contributed by atoms with E-state index < -0.39 is 12.6 Å². The van der Waals surface area contributed by atoms with Crippen molar-refractivity contribution in [2.45, 2.75) is 19.0 Å². The van der Waals surface area contributed by atoms with Gasteiger partial charge in [0.05, 0.1) is 0 Å². The molecule has 18 heavy (non-hydrogen) atoms. The summed E-state index contributed by atoms with van der Waals surface area (Å²) in [6.45, 7) is 0.334. The minimum Gasteiger partial charge on any atom is -0.389 e. The standard InChI is InChI=1S/C12H15F3N2S/c1-17(7-3-6-12(13,14)15)10-5-2-4-9(8-10)11(16)18/h2,4-5,8H,3,6-7H2,1H3,(H2,16,18). The molecule has 0 radical (unpaired) electrons. The molecule has 0 aromatic heterocycles. The number of rotatable bonds is 5. The second kappa shape index (κ2) is 6.04. The minimum absolute atomic E-state index is 0.0668. The molecule has 1 rings (SSSR count). The summed E-state index contributed by atoms with van der Waals surface area (Å²) in [6, 6.07) is 7.14. The number of hydrogen-bond acceptors (Lipinski definition) is 2. The molecule has 0 saturated carbocycles. The number of anilines is 1. The van der Waals surface area contributed by atoms with E-state index in [2.05, 4.69) is 0 Å². The third-order valence-corrected chi connectivity index (χ3v) is 2.76. The third kappa shape index (κ3) is 4.91. The summed E-state index contributed by atoms with van der Waals surface area (Å²) >= 11 is 4.86. The first kappa shape index (κ1) is 14.8. The molecule has 6 heteroatoms. The summed E-state index contributed by atoms with van der Waals surface area (Å²) in [7, 11) is 1.75. The first-order chi connectivity index (χ1) is 8.29. The topological polar surface area (TPSA) is 29.3 Å². The Hall–Kier alpha value is -1.30. The van der Waals surface area contributed by atoms with Gasteiger partial charge in [0.15, 0.2) is 0 Å². The molecule has 0 atom stereocenters. The smallest absolute Gasteiger partial charge is 0.389 e. The minimum atomic E-state index is -4.10. The van der Waals surface area contributed by atoms with E-state index in [1.54, 1.807) is 30.1 Å². The third-order valence-electron chi connectivity index (χ3n) is 2.53. The van der Waals surface area contributed by atoms with Crippen LogP contribution in [-0.4, -0.2) is 24.8 Å².